The highest BCUT2D eigenvalue weighted by atomic mass is 32.2. The summed E-state index contributed by atoms with van der Waals surface area (Å²) in [5, 5.41) is 12.0. The molecule has 100 valence electrons. The Bertz CT molecular complexity index is 398. The first-order valence-corrected chi connectivity index (χ1v) is 8.33. The number of thiocyanates is 1. The summed E-state index contributed by atoms with van der Waals surface area (Å²) in [6.07, 6.45) is 5.53. The van der Waals surface area contributed by atoms with E-state index >= 15 is 0 Å². The van der Waals surface area contributed by atoms with Crippen LogP contribution in [0, 0.1) is 45.2 Å². The first kappa shape index (κ1) is 12.9. The van der Waals surface area contributed by atoms with E-state index in [2.05, 4.69) is 33.1 Å². The highest BCUT2D eigenvalue weighted by Gasteiger charge is 2.66. The van der Waals surface area contributed by atoms with Crippen molar-refractivity contribution in [1.29, 1.82) is 5.26 Å². The van der Waals surface area contributed by atoms with Crippen LogP contribution in [0.2, 0.25) is 0 Å². The molecule has 0 saturated heterocycles. The van der Waals surface area contributed by atoms with Gasteiger partial charge < -0.3 is 0 Å². The van der Waals surface area contributed by atoms with Gasteiger partial charge in [0.05, 0.1) is 0 Å². The molecule has 4 fully saturated rings. The molecule has 4 aliphatic rings. The van der Waals surface area contributed by atoms with Crippen molar-refractivity contribution in [3.8, 4) is 5.40 Å². The normalized spacial score (nSPS) is 53.8. The lowest BCUT2D eigenvalue weighted by molar-refractivity contribution is -0.0816. The number of nitrogens with zero attached hydrogens (tertiary/aromatic N) is 1. The Hall–Kier alpha value is -0.160. The summed E-state index contributed by atoms with van der Waals surface area (Å²) in [5.41, 5.74) is 0.987. The summed E-state index contributed by atoms with van der Waals surface area (Å²) >= 11 is 1.57. The van der Waals surface area contributed by atoms with Gasteiger partial charge in [-0.3, -0.25) is 0 Å². The fourth-order valence-corrected chi connectivity index (χ4v) is 7.05. The molecule has 0 radical (unpaired) electrons. The summed E-state index contributed by atoms with van der Waals surface area (Å²) in [4.78, 5) is 0. The van der Waals surface area contributed by atoms with E-state index in [0.717, 1.165) is 23.7 Å². The summed E-state index contributed by atoms with van der Waals surface area (Å²) in [7, 11) is 0. The minimum Gasteiger partial charge on any atom is -0.185 e. The third-order valence-electron chi connectivity index (χ3n) is 6.62. The van der Waals surface area contributed by atoms with Crippen LogP contribution in [0.15, 0.2) is 0 Å². The average molecular weight is 263 g/mol. The molecular weight excluding hydrogens is 238 g/mol. The fraction of sp³-hybridized carbons (Fsp3) is 0.938. The van der Waals surface area contributed by atoms with Gasteiger partial charge in [0.2, 0.25) is 0 Å². The van der Waals surface area contributed by atoms with Crippen LogP contribution >= 0.6 is 11.8 Å². The number of hydrogen-bond acceptors (Lipinski definition) is 2. The standard InChI is InChI=1S/C16H25NS/c1-10(2)12-5-13-15(3)6-11(12)7-16(13,4)14(8-15)18-9-17/h10-14H,5-8H2,1-4H3. The van der Waals surface area contributed by atoms with Crippen molar-refractivity contribution in [2.45, 2.75) is 58.6 Å². The van der Waals surface area contributed by atoms with E-state index < -0.39 is 0 Å². The molecule has 1 nitrogen and oxygen atoms in total. The zero-order chi connectivity index (χ0) is 13.1. The van der Waals surface area contributed by atoms with E-state index in [1.807, 2.05) is 0 Å². The fourth-order valence-electron chi connectivity index (χ4n) is 5.93. The molecule has 4 bridgehead atoms. The molecule has 6 atom stereocenters. The van der Waals surface area contributed by atoms with Crippen LogP contribution < -0.4 is 0 Å². The highest BCUT2D eigenvalue weighted by Crippen LogP contribution is 2.72. The van der Waals surface area contributed by atoms with Crippen molar-refractivity contribution in [2.24, 2.45) is 34.5 Å². The molecule has 0 aromatic carbocycles. The van der Waals surface area contributed by atoms with Gasteiger partial charge in [0.25, 0.3) is 0 Å². The van der Waals surface area contributed by atoms with Crippen LogP contribution in [0.1, 0.15) is 53.4 Å². The largest absolute Gasteiger partial charge is 0.185 e. The summed E-state index contributed by atoms with van der Waals surface area (Å²) < 4.78 is 0. The quantitative estimate of drug-likeness (QED) is 0.675. The van der Waals surface area contributed by atoms with E-state index in [-0.39, 0.29) is 0 Å². The second-order valence-electron chi connectivity index (χ2n) is 7.93. The summed E-state index contributed by atoms with van der Waals surface area (Å²) in [5.74, 6) is 3.58. The number of hydrogen-bond donors (Lipinski definition) is 0. The van der Waals surface area contributed by atoms with Crippen molar-refractivity contribution >= 4 is 11.8 Å². The predicted molar refractivity (Wildman–Crippen MR) is 77.0 cm³/mol. The van der Waals surface area contributed by atoms with Crippen molar-refractivity contribution in [1.82, 2.24) is 0 Å². The molecule has 2 heteroatoms. The van der Waals surface area contributed by atoms with Crippen molar-refractivity contribution in [3.05, 3.63) is 0 Å². The second kappa shape index (κ2) is 3.92. The third kappa shape index (κ3) is 1.52. The number of thioether (sulfide) groups is 1. The van der Waals surface area contributed by atoms with E-state index in [4.69, 9.17) is 5.26 Å². The molecule has 0 heterocycles. The lowest BCUT2D eigenvalue weighted by Gasteiger charge is -2.58. The van der Waals surface area contributed by atoms with Crippen LogP contribution in [0.5, 0.6) is 0 Å². The topological polar surface area (TPSA) is 23.8 Å². The zero-order valence-corrected chi connectivity index (χ0v) is 12.9. The van der Waals surface area contributed by atoms with Crippen molar-refractivity contribution < 1.29 is 0 Å². The van der Waals surface area contributed by atoms with Crippen molar-refractivity contribution in [3.63, 3.8) is 0 Å². The minimum absolute atomic E-state index is 0.448. The first-order chi connectivity index (χ1) is 8.40. The molecule has 4 saturated carbocycles. The minimum atomic E-state index is 0.448. The van der Waals surface area contributed by atoms with E-state index in [1.54, 1.807) is 11.8 Å². The van der Waals surface area contributed by atoms with Crippen LogP contribution in [-0.4, -0.2) is 5.25 Å². The summed E-state index contributed by atoms with van der Waals surface area (Å²) in [6, 6.07) is 0. The molecule has 4 aliphatic carbocycles. The maximum absolute atomic E-state index is 9.07. The molecule has 0 N–H and O–H groups in total. The third-order valence-corrected chi connectivity index (χ3v) is 7.71. The molecule has 0 amide bonds. The average Bonchev–Trinajstić information content (AvgIpc) is 2.41. The Kier molecular flexibility index (Phi) is 2.80. The van der Waals surface area contributed by atoms with Gasteiger partial charge in [0.15, 0.2) is 0 Å². The SMILES string of the molecule is CC(C)C1CC2C3(C)CC1CC2(C)C(SC#N)C3. The van der Waals surface area contributed by atoms with E-state index in [9.17, 15) is 0 Å². The van der Waals surface area contributed by atoms with Crippen LogP contribution in [0.3, 0.4) is 0 Å². The Morgan fingerprint density at radius 1 is 1.22 bits per heavy atom. The summed E-state index contributed by atoms with van der Waals surface area (Å²) in [6.45, 7) is 9.80. The van der Waals surface area contributed by atoms with Gasteiger partial charge >= 0.3 is 0 Å². The number of rotatable bonds is 2. The molecule has 0 aromatic rings. The number of fused-ring (bicyclic) bond motifs is 1. The smallest absolute Gasteiger partial charge is 0.133 e. The van der Waals surface area contributed by atoms with E-state index in [1.165, 1.54) is 25.7 Å². The van der Waals surface area contributed by atoms with Gasteiger partial charge in [-0.15, -0.1) is 0 Å². The Labute approximate surface area is 116 Å². The van der Waals surface area contributed by atoms with Gasteiger partial charge in [-0.2, -0.15) is 5.26 Å². The lowest BCUT2D eigenvalue weighted by atomic mass is 9.47. The Morgan fingerprint density at radius 3 is 2.50 bits per heavy atom. The molecular formula is C16H25NS. The Morgan fingerprint density at radius 2 is 1.94 bits per heavy atom. The van der Waals surface area contributed by atoms with E-state index in [0.29, 0.717) is 16.1 Å². The second-order valence-corrected chi connectivity index (χ2v) is 8.91. The Balaban J connectivity index is 1.93. The molecule has 0 spiro atoms. The predicted octanol–water partition coefficient (Wildman–Crippen LogP) is 4.69. The zero-order valence-electron chi connectivity index (χ0n) is 12.1. The molecule has 18 heavy (non-hydrogen) atoms. The van der Waals surface area contributed by atoms with Crippen molar-refractivity contribution in [2.75, 3.05) is 0 Å². The van der Waals surface area contributed by atoms with Gasteiger partial charge in [-0.25, -0.2) is 0 Å². The maximum atomic E-state index is 9.07. The highest BCUT2D eigenvalue weighted by molar-refractivity contribution is 8.04. The van der Waals surface area contributed by atoms with Crippen LogP contribution in [-0.2, 0) is 0 Å². The molecule has 6 unspecified atom stereocenters. The molecule has 0 aliphatic heterocycles. The lowest BCUT2D eigenvalue weighted by Crippen LogP contribution is -2.51. The number of nitriles is 1. The van der Waals surface area contributed by atoms with Gasteiger partial charge in [0, 0.05) is 5.25 Å². The van der Waals surface area contributed by atoms with Gasteiger partial charge in [0.1, 0.15) is 5.40 Å². The molecule has 0 aromatic heterocycles. The van der Waals surface area contributed by atoms with Gasteiger partial charge in [-0.05, 0) is 71.9 Å². The van der Waals surface area contributed by atoms with Crippen LogP contribution in [0.25, 0.3) is 0 Å². The first-order valence-electron chi connectivity index (χ1n) is 7.45. The monoisotopic (exact) mass is 263 g/mol. The van der Waals surface area contributed by atoms with Gasteiger partial charge in [-0.1, -0.05) is 27.7 Å². The van der Waals surface area contributed by atoms with Crippen LogP contribution in [0.4, 0.5) is 0 Å². The maximum Gasteiger partial charge on any atom is 0.133 e. The molecule has 4 rings (SSSR count).